The maximum Gasteiger partial charge on any atom is 0.166 e. The van der Waals surface area contributed by atoms with E-state index in [1.54, 1.807) is 6.08 Å². The maximum absolute atomic E-state index is 12.5. The molecule has 3 rings (SSSR count). The minimum absolute atomic E-state index is 0.111. The second-order valence-corrected chi connectivity index (χ2v) is 6.79. The van der Waals surface area contributed by atoms with E-state index in [0.29, 0.717) is 18.7 Å². The summed E-state index contributed by atoms with van der Waals surface area (Å²) in [5.41, 5.74) is 1.16. The molecule has 0 heterocycles. The molecule has 3 aromatic carbocycles. The fourth-order valence-corrected chi connectivity index (χ4v) is 3.44. The third-order valence-corrected chi connectivity index (χ3v) is 4.83. The predicted octanol–water partition coefficient (Wildman–Crippen LogP) is 5.94. The highest BCUT2D eigenvalue weighted by atomic mass is 35.5. The van der Waals surface area contributed by atoms with Crippen molar-refractivity contribution in [3.05, 3.63) is 65.7 Å². The molecular formula is C23H21ClO2. The Morgan fingerprint density at radius 3 is 2.27 bits per heavy atom. The number of fused-ring (bicyclic) bond motifs is 3. The first-order valence-corrected chi connectivity index (χ1v) is 9.37. The van der Waals surface area contributed by atoms with Gasteiger partial charge < -0.3 is 0 Å². The molecule has 26 heavy (non-hydrogen) atoms. The molecular weight excluding hydrogens is 344 g/mol. The molecule has 0 bridgehead atoms. The first-order chi connectivity index (χ1) is 12.6. The van der Waals surface area contributed by atoms with Gasteiger partial charge in [0.2, 0.25) is 0 Å². The van der Waals surface area contributed by atoms with Crippen molar-refractivity contribution in [1.29, 1.82) is 0 Å². The molecule has 0 atom stereocenters. The van der Waals surface area contributed by atoms with Gasteiger partial charge in [0.25, 0.3) is 0 Å². The second kappa shape index (κ2) is 8.29. The number of hydrogen-bond acceptors (Lipinski definition) is 2. The molecule has 3 aromatic rings. The van der Waals surface area contributed by atoms with Gasteiger partial charge in [0.05, 0.1) is 5.57 Å². The number of Topliss-reactive ketones (excluding diaryl/α,β-unsaturated/α-hetero) is 2. The number of halogens is 1. The van der Waals surface area contributed by atoms with E-state index in [9.17, 15) is 9.59 Å². The van der Waals surface area contributed by atoms with Crippen LogP contribution in [0.25, 0.3) is 27.6 Å². The van der Waals surface area contributed by atoms with E-state index in [1.807, 2.05) is 36.4 Å². The summed E-state index contributed by atoms with van der Waals surface area (Å²) in [6, 6.07) is 18.3. The monoisotopic (exact) mass is 364 g/mol. The van der Waals surface area contributed by atoms with Gasteiger partial charge in [0.1, 0.15) is 0 Å². The lowest BCUT2D eigenvalue weighted by Gasteiger charge is -2.09. The topological polar surface area (TPSA) is 34.1 Å². The summed E-state index contributed by atoms with van der Waals surface area (Å²) >= 11 is 5.68. The average Bonchev–Trinajstić information content (AvgIpc) is 2.65. The van der Waals surface area contributed by atoms with Gasteiger partial charge in [-0.1, -0.05) is 48.5 Å². The SMILES string of the molecule is CC(=O)C(=Cc1cc2ccccc2c2ccccc12)C(=O)CCCCCl. The van der Waals surface area contributed by atoms with Gasteiger partial charge in [-0.2, -0.15) is 0 Å². The number of allylic oxidation sites excluding steroid dienone is 1. The van der Waals surface area contributed by atoms with Gasteiger partial charge in [0, 0.05) is 12.3 Å². The first-order valence-electron chi connectivity index (χ1n) is 8.84. The van der Waals surface area contributed by atoms with E-state index >= 15 is 0 Å². The van der Waals surface area contributed by atoms with Gasteiger partial charge in [-0.25, -0.2) is 0 Å². The van der Waals surface area contributed by atoms with Crippen molar-refractivity contribution in [3.63, 3.8) is 0 Å². The van der Waals surface area contributed by atoms with Crippen molar-refractivity contribution in [3.8, 4) is 0 Å². The second-order valence-electron chi connectivity index (χ2n) is 6.42. The quantitative estimate of drug-likeness (QED) is 0.130. The number of ketones is 2. The van der Waals surface area contributed by atoms with Crippen molar-refractivity contribution >= 4 is 50.8 Å². The molecule has 0 aromatic heterocycles. The molecule has 3 heteroatoms. The Morgan fingerprint density at radius 1 is 0.923 bits per heavy atom. The minimum Gasteiger partial charge on any atom is -0.294 e. The number of benzene rings is 3. The first kappa shape index (κ1) is 18.3. The van der Waals surface area contributed by atoms with E-state index in [2.05, 4.69) is 18.2 Å². The molecule has 0 unspecified atom stereocenters. The number of hydrogen-bond donors (Lipinski definition) is 0. The van der Waals surface area contributed by atoms with Gasteiger partial charge >= 0.3 is 0 Å². The Hall–Kier alpha value is -2.45. The molecule has 132 valence electrons. The lowest BCUT2D eigenvalue weighted by molar-refractivity contribution is -0.120. The highest BCUT2D eigenvalue weighted by Gasteiger charge is 2.15. The lowest BCUT2D eigenvalue weighted by atomic mass is 9.94. The van der Waals surface area contributed by atoms with Crippen LogP contribution < -0.4 is 0 Å². The normalized spacial score (nSPS) is 11.8. The minimum atomic E-state index is -0.196. The van der Waals surface area contributed by atoms with Crippen molar-refractivity contribution in [2.45, 2.75) is 26.2 Å². The summed E-state index contributed by atoms with van der Waals surface area (Å²) in [7, 11) is 0. The molecule has 0 N–H and O–H groups in total. The summed E-state index contributed by atoms with van der Waals surface area (Å²) < 4.78 is 0. The zero-order chi connectivity index (χ0) is 18.5. The Kier molecular flexibility index (Phi) is 5.85. The van der Waals surface area contributed by atoms with Crippen LogP contribution in [0, 0.1) is 0 Å². The van der Waals surface area contributed by atoms with E-state index in [4.69, 9.17) is 11.6 Å². The Balaban J connectivity index is 2.13. The summed E-state index contributed by atoms with van der Waals surface area (Å²) in [4.78, 5) is 24.6. The largest absolute Gasteiger partial charge is 0.294 e. The highest BCUT2D eigenvalue weighted by Crippen LogP contribution is 2.30. The molecule has 2 nitrogen and oxygen atoms in total. The van der Waals surface area contributed by atoms with E-state index in [-0.39, 0.29) is 17.1 Å². The van der Waals surface area contributed by atoms with Crippen LogP contribution in [0.5, 0.6) is 0 Å². The summed E-state index contributed by atoms with van der Waals surface area (Å²) in [6.07, 6.45) is 3.58. The van der Waals surface area contributed by atoms with E-state index in [0.717, 1.165) is 33.5 Å². The fourth-order valence-electron chi connectivity index (χ4n) is 3.25. The van der Waals surface area contributed by atoms with Crippen LogP contribution in [-0.4, -0.2) is 17.4 Å². The van der Waals surface area contributed by atoms with Crippen LogP contribution in [0.4, 0.5) is 0 Å². The molecule has 0 aliphatic rings. The molecule has 0 aliphatic heterocycles. The number of carbonyl (C=O) groups excluding carboxylic acids is 2. The van der Waals surface area contributed by atoms with Crippen LogP contribution in [-0.2, 0) is 9.59 Å². The molecule has 0 saturated carbocycles. The molecule has 0 amide bonds. The van der Waals surface area contributed by atoms with Crippen LogP contribution in [0.3, 0.4) is 0 Å². The zero-order valence-electron chi connectivity index (χ0n) is 14.8. The molecule has 0 radical (unpaired) electrons. The standard InChI is InChI=1S/C23H21ClO2/c1-16(25)22(23(26)12-6-7-13-24)15-18-14-17-8-2-3-9-19(17)21-11-5-4-10-20(18)21/h2-5,8-11,14-15H,6-7,12-13H2,1H3. The van der Waals surface area contributed by atoms with Crippen molar-refractivity contribution < 1.29 is 9.59 Å². The number of alkyl halides is 1. The van der Waals surface area contributed by atoms with Crippen LogP contribution >= 0.6 is 11.6 Å². The van der Waals surface area contributed by atoms with E-state index in [1.165, 1.54) is 6.92 Å². The predicted molar refractivity (Wildman–Crippen MR) is 110 cm³/mol. The number of carbonyl (C=O) groups is 2. The fraction of sp³-hybridized carbons (Fsp3) is 0.217. The maximum atomic E-state index is 12.5. The Bertz CT molecular complexity index is 1000. The van der Waals surface area contributed by atoms with Gasteiger partial charge in [-0.3, -0.25) is 9.59 Å². The third-order valence-electron chi connectivity index (χ3n) is 4.57. The molecule has 0 aliphatic carbocycles. The highest BCUT2D eigenvalue weighted by molar-refractivity contribution is 6.24. The Morgan fingerprint density at radius 2 is 1.58 bits per heavy atom. The smallest absolute Gasteiger partial charge is 0.166 e. The summed E-state index contributed by atoms with van der Waals surface area (Å²) in [5, 5.41) is 4.42. The molecule has 0 spiro atoms. The van der Waals surface area contributed by atoms with Crippen LogP contribution in [0.15, 0.2) is 60.2 Å². The average molecular weight is 365 g/mol. The van der Waals surface area contributed by atoms with Crippen molar-refractivity contribution in [1.82, 2.24) is 0 Å². The molecule has 0 saturated heterocycles. The Labute approximate surface area is 158 Å². The van der Waals surface area contributed by atoms with Crippen molar-refractivity contribution in [2.75, 3.05) is 5.88 Å². The van der Waals surface area contributed by atoms with Crippen molar-refractivity contribution in [2.24, 2.45) is 0 Å². The van der Waals surface area contributed by atoms with E-state index < -0.39 is 0 Å². The lowest BCUT2D eigenvalue weighted by Crippen LogP contribution is -2.10. The number of unbranched alkanes of at least 4 members (excludes halogenated alkanes) is 1. The summed E-state index contributed by atoms with van der Waals surface area (Å²) in [6.45, 7) is 1.45. The molecule has 0 fully saturated rings. The third kappa shape index (κ3) is 3.86. The number of rotatable bonds is 7. The van der Waals surface area contributed by atoms with Gasteiger partial charge in [-0.05, 0) is 59.0 Å². The summed E-state index contributed by atoms with van der Waals surface area (Å²) in [5.74, 6) is 0.222. The van der Waals surface area contributed by atoms with Crippen LogP contribution in [0.1, 0.15) is 31.7 Å². The van der Waals surface area contributed by atoms with Crippen LogP contribution in [0.2, 0.25) is 0 Å². The zero-order valence-corrected chi connectivity index (χ0v) is 15.6. The van der Waals surface area contributed by atoms with Gasteiger partial charge in [-0.15, -0.1) is 11.6 Å². The van der Waals surface area contributed by atoms with Gasteiger partial charge in [0.15, 0.2) is 11.6 Å².